The van der Waals surface area contributed by atoms with Gasteiger partial charge in [0.05, 0.1) is 0 Å². The highest BCUT2D eigenvalue weighted by Gasteiger charge is 2.14. The van der Waals surface area contributed by atoms with Gasteiger partial charge in [-0.05, 0) is 31.4 Å². The van der Waals surface area contributed by atoms with Crippen molar-refractivity contribution in [2.45, 2.75) is 45.9 Å². The van der Waals surface area contributed by atoms with Crippen LogP contribution in [0.4, 0.5) is 4.39 Å². The number of ether oxygens (including phenoxy) is 1. The monoisotopic (exact) mass is 292 g/mol. The lowest BCUT2D eigenvalue weighted by Crippen LogP contribution is -2.22. The molecule has 0 radical (unpaired) electrons. The van der Waals surface area contributed by atoms with Gasteiger partial charge in [-0.2, -0.15) is 5.10 Å². The molecule has 0 bridgehead atoms. The van der Waals surface area contributed by atoms with Crippen LogP contribution in [0.25, 0.3) is 0 Å². The Balaban J connectivity index is 2.15. The van der Waals surface area contributed by atoms with Crippen molar-refractivity contribution in [3.05, 3.63) is 41.7 Å². The number of rotatable bonds is 7. The van der Waals surface area contributed by atoms with Crippen LogP contribution in [0.2, 0.25) is 0 Å². The minimum Gasteiger partial charge on any atom is -0.482 e. The Bertz CT molecular complexity index is 585. The van der Waals surface area contributed by atoms with Gasteiger partial charge >= 0.3 is 0 Å². The lowest BCUT2D eigenvalue weighted by Gasteiger charge is -2.15. The van der Waals surface area contributed by atoms with Gasteiger partial charge in [0.1, 0.15) is 12.9 Å². The van der Waals surface area contributed by atoms with Crippen molar-refractivity contribution < 1.29 is 9.13 Å². The van der Waals surface area contributed by atoms with Crippen molar-refractivity contribution in [2.75, 3.05) is 0 Å². The van der Waals surface area contributed by atoms with Crippen molar-refractivity contribution in [2.24, 2.45) is 5.73 Å². The minimum atomic E-state index is -0.377. The zero-order valence-corrected chi connectivity index (χ0v) is 12.4. The molecule has 2 aromatic rings. The zero-order chi connectivity index (χ0) is 15.2. The molecular weight excluding hydrogens is 271 g/mol. The van der Waals surface area contributed by atoms with Gasteiger partial charge in [0, 0.05) is 12.6 Å². The highest BCUT2D eigenvalue weighted by atomic mass is 19.1. The fraction of sp³-hybridized carbons (Fsp3) is 0.467. The Hall–Kier alpha value is -1.95. The maximum Gasteiger partial charge on any atom is 0.165 e. The predicted molar refractivity (Wildman–Crippen MR) is 78.4 cm³/mol. The molecule has 0 amide bonds. The first-order valence-corrected chi connectivity index (χ1v) is 7.18. The molecule has 5 nitrogen and oxygen atoms in total. The zero-order valence-electron chi connectivity index (χ0n) is 12.4. The molecule has 0 saturated heterocycles. The van der Waals surface area contributed by atoms with Crippen LogP contribution in [0.1, 0.15) is 31.7 Å². The summed E-state index contributed by atoms with van der Waals surface area (Å²) in [5.74, 6) is 0.553. The number of nitrogens with two attached hydrogens (primary N) is 1. The first-order chi connectivity index (χ1) is 10.2. The van der Waals surface area contributed by atoms with Crippen LogP contribution in [0.3, 0.4) is 0 Å². The molecule has 2 rings (SSSR count). The van der Waals surface area contributed by atoms with E-state index in [2.05, 4.69) is 10.1 Å². The summed E-state index contributed by atoms with van der Waals surface area (Å²) >= 11 is 0. The smallest absolute Gasteiger partial charge is 0.165 e. The molecule has 0 aliphatic carbocycles. The molecule has 1 unspecified atom stereocenters. The molecular formula is C15H21FN4O. The number of para-hydroxylation sites is 1. The highest BCUT2D eigenvalue weighted by molar-refractivity contribution is 5.35. The van der Waals surface area contributed by atoms with E-state index in [-0.39, 0.29) is 24.2 Å². The average Bonchev–Trinajstić information content (AvgIpc) is 2.94. The Labute approximate surface area is 123 Å². The predicted octanol–water partition coefficient (Wildman–Crippen LogP) is 2.30. The number of nitrogens with zero attached hydrogens (tertiary/aromatic N) is 3. The van der Waals surface area contributed by atoms with E-state index >= 15 is 0 Å². The van der Waals surface area contributed by atoms with Crippen LogP contribution in [-0.4, -0.2) is 20.8 Å². The van der Waals surface area contributed by atoms with Crippen molar-refractivity contribution in [1.29, 1.82) is 0 Å². The molecule has 2 N–H and O–H groups in total. The molecule has 0 fully saturated rings. The van der Waals surface area contributed by atoms with Gasteiger partial charge < -0.3 is 10.5 Å². The van der Waals surface area contributed by atoms with Gasteiger partial charge in [0.25, 0.3) is 0 Å². The third kappa shape index (κ3) is 3.78. The second-order valence-electron chi connectivity index (χ2n) is 4.88. The lowest BCUT2D eigenvalue weighted by molar-refractivity contribution is 0.270. The Kier molecular flexibility index (Phi) is 5.27. The molecule has 0 spiro atoms. The van der Waals surface area contributed by atoms with Crippen LogP contribution in [0.5, 0.6) is 5.75 Å². The quantitative estimate of drug-likeness (QED) is 0.850. The highest BCUT2D eigenvalue weighted by Crippen LogP contribution is 2.25. The summed E-state index contributed by atoms with van der Waals surface area (Å²) in [7, 11) is 0. The largest absolute Gasteiger partial charge is 0.482 e. The summed E-state index contributed by atoms with van der Waals surface area (Å²) in [5.41, 5.74) is 6.74. The molecule has 0 saturated carbocycles. The van der Waals surface area contributed by atoms with E-state index in [0.717, 1.165) is 12.0 Å². The number of halogens is 1. The van der Waals surface area contributed by atoms with Crippen molar-refractivity contribution in [3.63, 3.8) is 0 Å². The van der Waals surface area contributed by atoms with Gasteiger partial charge in [-0.1, -0.05) is 19.1 Å². The SMILES string of the molecule is CCC(N)Cc1cccc(F)c1OCc1ncnn1CC. The summed E-state index contributed by atoms with van der Waals surface area (Å²) in [6.45, 7) is 4.86. The van der Waals surface area contributed by atoms with Crippen molar-refractivity contribution >= 4 is 0 Å². The van der Waals surface area contributed by atoms with Gasteiger partial charge in [-0.25, -0.2) is 14.1 Å². The fourth-order valence-corrected chi connectivity index (χ4v) is 2.10. The standard InChI is InChI=1S/C15H21FN4O/c1-3-12(17)8-11-6-5-7-13(16)15(11)21-9-14-18-10-19-20(14)4-2/h5-7,10,12H,3-4,8-9,17H2,1-2H3. The number of hydrogen-bond donors (Lipinski definition) is 1. The Morgan fingerprint density at radius 3 is 2.90 bits per heavy atom. The molecule has 1 atom stereocenters. The van der Waals surface area contributed by atoms with E-state index in [1.807, 2.05) is 19.9 Å². The second kappa shape index (κ2) is 7.17. The summed E-state index contributed by atoms with van der Waals surface area (Å²) in [6, 6.07) is 4.90. The number of aryl methyl sites for hydroxylation is 1. The summed E-state index contributed by atoms with van der Waals surface area (Å²) in [4.78, 5) is 4.12. The van der Waals surface area contributed by atoms with Gasteiger partial charge in [-0.3, -0.25) is 0 Å². The van der Waals surface area contributed by atoms with E-state index in [0.29, 0.717) is 18.8 Å². The van der Waals surface area contributed by atoms with E-state index in [9.17, 15) is 4.39 Å². The third-order valence-electron chi connectivity index (χ3n) is 3.40. The minimum absolute atomic E-state index is 0.00607. The van der Waals surface area contributed by atoms with E-state index < -0.39 is 0 Å². The van der Waals surface area contributed by atoms with Gasteiger partial charge in [-0.15, -0.1) is 0 Å². The lowest BCUT2D eigenvalue weighted by atomic mass is 10.0. The number of hydrogen-bond acceptors (Lipinski definition) is 4. The van der Waals surface area contributed by atoms with Gasteiger partial charge in [0.15, 0.2) is 17.4 Å². The molecule has 0 aliphatic rings. The van der Waals surface area contributed by atoms with Crippen molar-refractivity contribution in [3.8, 4) is 5.75 Å². The maximum absolute atomic E-state index is 14.0. The fourth-order valence-electron chi connectivity index (χ4n) is 2.10. The average molecular weight is 292 g/mol. The van der Waals surface area contributed by atoms with E-state index in [4.69, 9.17) is 10.5 Å². The molecule has 1 aromatic heterocycles. The Morgan fingerprint density at radius 1 is 1.38 bits per heavy atom. The first-order valence-electron chi connectivity index (χ1n) is 7.18. The summed E-state index contributed by atoms with van der Waals surface area (Å²) in [5, 5.41) is 4.07. The van der Waals surface area contributed by atoms with Gasteiger partial charge in [0.2, 0.25) is 0 Å². The maximum atomic E-state index is 14.0. The third-order valence-corrected chi connectivity index (χ3v) is 3.40. The number of benzene rings is 1. The molecule has 114 valence electrons. The number of aromatic nitrogens is 3. The summed E-state index contributed by atoms with van der Waals surface area (Å²) in [6.07, 6.45) is 2.89. The van der Waals surface area contributed by atoms with Crippen LogP contribution in [0, 0.1) is 5.82 Å². The molecule has 21 heavy (non-hydrogen) atoms. The topological polar surface area (TPSA) is 66.0 Å². The summed E-state index contributed by atoms with van der Waals surface area (Å²) < 4.78 is 21.4. The first kappa shape index (κ1) is 15.4. The van der Waals surface area contributed by atoms with Crippen LogP contribution < -0.4 is 10.5 Å². The second-order valence-corrected chi connectivity index (χ2v) is 4.88. The van der Waals surface area contributed by atoms with Crippen molar-refractivity contribution in [1.82, 2.24) is 14.8 Å². The van der Waals surface area contributed by atoms with E-state index in [1.54, 1.807) is 10.7 Å². The molecule has 1 aromatic carbocycles. The Morgan fingerprint density at radius 2 is 2.19 bits per heavy atom. The normalized spacial score (nSPS) is 12.4. The van der Waals surface area contributed by atoms with Crippen LogP contribution in [-0.2, 0) is 19.6 Å². The van der Waals surface area contributed by atoms with Crippen LogP contribution in [0.15, 0.2) is 24.5 Å². The van der Waals surface area contributed by atoms with Crippen LogP contribution >= 0.6 is 0 Å². The van der Waals surface area contributed by atoms with E-state index in [1.165, 1.54) is 12.4 Å². The molecule has 6 heteroatoms. The molecule has 0 aliphatic heterocycles. The molecule has 1 heterocycles.